The van der Waals surface area contributed by atoms with Gasteiger partial charge in [-0.15, -0.1) is 0 Å². The molecule has 0 aliphatic rings. The summed E-state index contributed by atoms with van der Waals surface area (Å²) in [6, 6.07) is 12.3. The molecule has 1 aromatic carbocycles. The molecule has 0 bridgehead atoms. The largest absolute Gasteiger partial charge is 0.472 e. The summed E-state index contributed by atoms with van der Waals surface area (Å²) in [6.07, 6.45) is 4.44. The normalized spacial score (nSPS) is 14.6. The summed E-state index contributed by atoms with van der Waals surface area (Å²) in [7, 11) is 0. The van der Waals surface area contributed by atoms with Crippen molar-refractivity contribution >= 4 is 0 Å². The molecule has 1 heterocycles. The highest BCUT2D eigenvalue weighted by Gasteiger charge is 2.15. The minimum atomic E-state index is 0.0797. The monoisotopic (exact) mass is 215 g/mol. The zero-order valence-corrected chi connectivity index (χ0v) is 9.47. The predicted octanol–water partition coefficient (Wildman–Crippen LogP) is 3.16. The van der Waals surface area contributed by atoms with Gasteiger partial charge in [-0.1, -0.05) is 37.3 Å². The van der Waals surface area contributed by atoms with Gasteiger partial charge in [0, 0.05) is 6.04 Å². The molecule has 2 rings (SSSR count). The van der Waals surface area contributed by atoms with Crippen LogP contribution in [0.15, 0.2) is 53.3 Å². The van der Waals surface area contributed by atoms with Crippen LogP contribution >= 0.6 is 0 Å². The minimum absolute atomic E-state index is 0.0797. The fourth-order valence-electron chi connectivity index (χ4n) is 1.91. The third-order valence-electron chi connectivity index (χ3n) is 2.94. The molecule has 0 amide bonds. The molecule has 0 aliphatic carbocycles. The van der Waals surface area contributed by atoms with E-state index >= 15 is 0 Å². The van der Waals surface area contributed by atoms with Gasteiger partial charge in [-0.2, -0.15) is 0 Å². The summed E-state index contributed by atoms with van der Waals surface area (Å²) < 4.78 is 5.06. The van der Waals surface area contributed by atoms with Gasteiger partial charge in [0.1, 0.15) is 0 Å². The van der Waals surface area contributed by atoms with Gasteiger partial charge in [0.15, 0.2) is 0 Å². The fourth-order valence-corrected chi connectivity index (χ4v) is 1.91. The van der Waals surface area contributed by atoms with Crippen LogP contribution < -0.4 is 5.73 Å². The van der Waals surface area contributed by atoms with Crippen molar-refractivity contribution in [1.82, 2.24) is 0 Å². The van der Waals surface area contributed by atoms with Crippen molar-refractivity contribution in [2.75, 3.05) is 0 Å². The third kappa shape index (κ3) is 2.52. The molecule has 2 atom stereocenters. The second-order valence-electron chi connectivity index (χ2n) is 4.25. The van der Waals surface area contributed by atoms with Gasteiger partial charge in [-0.3, -0.25) is 0 Å². The first-order chi connectivity index (χ1) is 7.77. The van der Waals surface area contributed by atoms with Gasteiger partial charge in [-0.05, 0) is 29.5 Å². The van der Waals surface area contributed by atoms with Crippen LogP contribution in [0.25, 0.3) is 0 Å². The smallest absolute Gasteiger partial charge is 0.0934 e. The Labute approximate surface area is 96.1 Å². The standard InChI is InChI=1S/C14H17NO/c1-11(9-12-7-8-16-10-12)14(15)13-5-3-2-4-6-13/h2-8,10-11,14H,9,15H2,1H3. The van der Waals surface area contributed by atoms with Crippen LogP contribution in [-0.4, -0.2) is 0 Å². The molecule has 2 nitrogen and oxygen atoms in total. The molecule has 0 fully saturated rings. The Hall–Kier alpha value is -1.54. The van der Waals surface area contributed by atoms with Gasteiger partial charge in [0.2, 0.25) is 0 Å². The molecular weight excluding hydrogens is 198 g/mol. The van der Waals surface area contributed by atoms with Gasteiger partial charge >= 0.3 is 0 Å². The average molecular weight is 215 g/mol. The first-order valence-electron chi connectivity index (χ1n) is 5.59. The number of hydrogen-bond donors (Lipinski definition) is 1. The third-order valence-corrected chi connectivity index (χ3v) is 2.94. The van der Waals surface area contributed by atoms with Gasteiger partial charge in [-0.25, -0.2) is 0 Å². The highest BCUT2D eigenvalue weighted by molar-refractivity contribution is 5.20. The lowest BCUT2D eigenvalue weighted by Crippen LogP contribution is -2.20. The van der Waals surface area contributed by atoms with Crippen LogP contribution in [0.4, 0.5) is 0 Å². The van der Waals surface area contributed by atoms with Gasteiger partial charge in [0.25, 0.3) is 0 Å². The van der Waals surface area contributed by atoms with E-state index in [1.54, 1.807) is 12.5 Å². The Balaban J connectivity index is 2.02. The SMILES string of the molecule is CC(Cc1ccoc1)C(N)c1ccccc1. The van der Waals surface area contributed by atoms with E-state index in [0.29, 0.717) is 5.92 Å². The number of hydrogen-bond acceptors (Lipinski definition) is 2. The van der Waals surface area contributed by atoms with E-state index in [9.17, 15) is 0 Å². The maximum atomic E-state index is 6.22. The zero-order valence-electron chi connectivity index (χ0n) is 9.47. The molecule has 2 aromatic rings. The molecule has 16 heavy (non-hydrogen) atoms. The van der Waals surface area contributed by atoms with Crippen molar-refractivity contribution in [3.63, 3.8) is 0 Å². The summed E-state index contributed by atoms with van der Waals surface area (Å²) >= 11 is 0. The zero-order chi connectivity index (χ0) is 11.4. The fraction of sp³-hybridized carbons (Fsp3) is 0.286. The topological polar surface area (TPSA) is 39.2 Å². The molecule has 2 N–H and O–H groups in total. The van der Waals surface area contributed by atoms with Gasteiger partial charge in [0.05, 0.1) is 12.5 Å². The summed E-state index contributed by atoms with van der Waals surface area (Å²) in [4.78, 5) is 0. The molecule has 84 valence electrons. The first kappa shape index (κ1) is 11.0. The molecule has 0 saturated heterocycles. The van der Waals surface area contributed by atoms with Crippen LogP contribution in [0.2, 0.25) is 0 Å². The Morgan fingerprint density at radius 3 is 2.56 bits per heavy atom. The van der Waals surface area contributed by atoms with Crippen molar-refractivity contribution in [3.8, 4) is 0 Å². The van der Waals surface area contributed by atoms with Crippen molar-refractivity contribution in [3.05, 3.63) is 60.1 Å². The van der Waals surface area contributed by atoms with Crippen LogP contribution in [-0.2, 0) is 6.42 Å². The van der Waals surface area contributed by atoms with E-state index in [1.165, 1.54) is 11.1 Å². The van der Waals surface area contributed by atoms with Crippen LogP contribution in [0.1, 0.15) is 24.1 Å². The maximum absolute atomic E-state index is 6.22. The van der Waals surface area contributed by atoms with Crippen molar-refractivity contribution < 1.29 is 4.42 Å². The maximum Gasteiger partial charge on any atom is 0.0934 e. The van der Waals surface area contributed by atoms with Crippen LogP contribution in [0, 0.1) is 5.92 Å². The highest BCUT2D eigenvalue weighted by atomic mass is 16.3. The molecule has 0 aliphatic heterocycles. The molecule has 0 saturated carbocycles. The quantitative estimate of drug-likeness (QED) is 0.850. The van der Waals surface area contributed by atoms with Crippen molar-refractivity contribution in [2.24, 2.45) is 11.7 Å². The summed E-state index contributed by atoms with van der Waals surface area (Å²) in [5.74, 6) is 0.403. The lowest BCUT2D eigenvalue weighted by Gasteiger charge is -2.19. The van der Waals surface area contributed by atoms with E-state index in [1.807, 2.05) is 24.3 Å². The van der Waals surface area contributed by atoms with E-state index in [4.69, 9.17) is 10.2 Å². The average Bonchev–Trinajstić information content (AvgIpc) is 2.82. The molecule has 2 heteroatoms. The first-order valence-corrected chi connectivity index (χ1v) is 5.59. The lowest BCUT2D eigenvalue weighted by molar-refractivity contribution is 0.464. The summed E-state index contributed by atoms with van der Waals surface area (Å²) in [6.45, 7) is 2.17. The molecular formula is C14H17NO. The van der Waals surface area contributed by atoms with Crippen LogP contribution in [0.3, 0.4) is 0 Å². The second-order valence-corrected chi connectivity index (χ2v) is 4.25. The predicted molar refractivity (Wildman–Crippen MR) is 64.9 cm³/mol. The lowest BCUT2D eigenvalue weighted by atomic mass is 9.91. The van der Waals surface area contributed by atoms with E-state index in [-0.39, 0.29) is 6.04 Å². The minimum Gasteiger partial charge on any atom is -0.472 e. The summed E-state index contributed by atoms with van der Waals surface area (Å²) in [5, 5.41) is 0. The molecule has 0 spiro atoms. The van der Waals surface area contributed by atoms with Crippen molar-refractivity contribution in [1.29, 1.82) is 0 Å². The molecule has 0 radical (unpaired) electrons. The van der Waals surface area contributed by atoms with E-state index in [0.717, 1.165) is 6.42 Å². The second kappa shape index (κ2) is 4.99. The Morgan fingerprint density at radius 1 is 1.19 bits per heavy atom. The van der Waals surface area contributed by atoms with Crippen LogP contribution in [0.5, 0.6) is 0 Å². The molecule has 2 unspecified atom stereocenters. The molecule has 1 aromatic heterocycles. The number of rotatable bonds is 4. The Bertz CT molecular complexity index is 408. The van der Waals surface area contributed by atoms with Crippen molar-refractivity contribution in [2.45, 2.75) is 19.4 Å². The van der Waals surface area contributed by atoms with Gasteiger partial charge < -0.3 is 10.2 Å². The highest BCUT2D eigenvalue weighted by Crippen LogP contribution is 2.22. The van der Waals surface area contributed by atoms with E-state index in [2.05, 4.69) is 19.1 Å². The number of benzene rings is 1. The Morgan fingerprint density at radius 2 is 1.94 bits per heavy atom. The number of furan rings is 1. The number of nitrogens with two attached hydrogens (primary N) is 1. The summed E-state index contributed by atoms with van der Waals surface area (Å²) in [5.41, 5.74) is 8.62. The van der Waals surface area contributed by atoms with E-state index < -0.39 is 0 Å². The Kier molecular flexibility index (Phi) is 3.42.